The van der Waals surface area contributed by atoms with Crippen molar-refractivity contribution in [2.24, 2.45) is 0 Å². The summed E-state index contributed by atoms with van der Waals surface area (Å²) in [6.45, 7) is 0.657. The number of hydrogen-bond donors (Lipinski definition) is 1. The largest absolute Gasteiger partial charge is 0.497 e. The molecule has 1 fully saturated rings. The van der Waals surface area contributed by atoms with Crippen molar-refractivity contribution in [1.82, 2.24) is 9.88 Å². The number of fused-ring (bicyclic) bond motifs is 1. The number of benzene rings is 1. The molecule has 1 saturated carbocycles. The van der Waals surface area contributed by atoms with Gasteiger partial charge < -0.3 is 14.6 Å². The van der Waals surface area contributed by atoms with Gasteiger partial charge in [-0.05, 0) is 58.6 Å². The van der Waals surface area contributed by atoms with Crippen LogP contribution in [-0.4, -0.2) is 23.6 Å². The molecule has 2 heterocycles. The van der Waals surface area contributed by atoms with E-state index in [-0.39, 0.29) is 5.91 Å². The lowest BCUT2D eigenvalue weighted by molar-refractivity contribution is 0.0942. The van der Waals surface area contributed by atoms with E-state index in [2.05, 4.69) is 31.9 Å². The van der Waals surface area contributed by atoms with Crippen LogP contribution in [0.3, 0.4) is 0 Å². The summed E-state index contributed by atoms with van der Waals surface area (Å²) in [7, 11) is 1.66. The molecule has 0 radical (unpaired) electrons. The number of methoxy groups -OCH3 is 1. The molecule has 1 aromatic carbocycles. The zero-order valence-electron chi connectivity index (χ0n) is 13.2. The monoisotopic (exact) mass is 404 g/mol. The Morgan fingerprint density at radius 3 is 2.75 bits per heavy atom. The molecule has 4 nitrogen and oxygen atoms in total. The SMILES string of the molecule is COc1ccc(Cn2c(C(=O)NC3CC3)cc3sc(Br)cc32)cc1. The topological polar surface area (TPSA) is 43.3 Å². The summed E-state index contributed by atoms with van der Waals surface area (Å²) in [6.07, 6.45) is 2.18. The highest BCUT2D eigenvalue weighted by molar-refractivity contribution is 9.11. The average molecular weight is 405 g/mol. The highest BCUT2D eigenvalue weighted by atomic mass is 79.9. The van der Waals surface area contributed by atoms with Gasteiger partial charge in [0.15, 0.2) is 0 Å². The molecule has 1 N–H and O–H groups in total. The molecule has 4 rings (SSSR count). The van der Waals surface area contributed by atoms with Crippen molar-refractivity contribution in [3.8, 4) is 5.75 Å². The first-order valence-electron chi connectivity index (χ1n) is 7.86. The van der Waals surface area contributed by atoms with Crippen LogP contribution in [0.2, 0.25) is 0 Å². The minimum absolute atomic E-state index is 0.0190. The van der Waals surface area contributed by atoms with Gasteiger partial charge in [-0.15, -0.1) is 11.3 Å². The lowest BCUT2D eigenvalue weighted by Gasteiger charge is -2.11. The first-order chi connectivity index (χ1) is 11.6. The Hall–Kier alpha value is -1.79. The maximum absolute atomic E-state index is 12.6. The van der Waals surface area contributed by atoms with E-state index in [1.165, 1.54) is 0 Å². The van der Waals surface area contributed by atoms with Gasteiger partial charge in [0.25, 0.3) is 5.91 Å². The number of thiophene rings is 1. The van der Waals surface area contributed by atoms with E-state index in [1.54, 1.807) is 18.4 Å². The van der Waals surface area contributed by atoms with Crippen molar-refractivity contribution in [3.63, 3.8) is 0 Å². The lowest BCUT2D eigenvalue weighted by Crippen LogP contribution is -2.27. The summed E-state index contributed by atoms with van der Waals surface area (Å²) in [5.74, 6) is 0.854. The first kappa shape index (κ1) is 15.7. The fourth-order valence-corrected chi connectivity index (χ4v) is 4.34. The van der Waals surface area contributed by atoms with E-state index in [0.717, 1.165) is 43.9 Å². The highest BCUT2D eigenvalue weighted by Gasteiger charge is 2.26. The van der Waals surface area contributed by atoms with Crippen LogP contribution in [0.4, 0.5) is 0 Å². The highest BCUT2D eigenvalue weighted by Crippen LogP contribution is 2.33. The van der Waals surface area contributed by atoms with Crippen molar-refractivity contribution in [3.05, 3.63) is 51.4 Å². The Kier molecular flexibility index (Phi) is 4.10. The molecule has 0 saturated heterocycles. The molecule has 0 unspecified atom stereocenters. The number of nitrogens with zero attached hydrogens (tertiary/aromatic N) is 1. The number of ether oxygens (including phenoxy) is 1. The predicted molar refractivity (Wildman–Crippen MR) is 100 cm³/mol. The molecule has 124 valence electrons. The number of aromatic nitrogens is 1. The van der Waals surface area contributed by atoms with Gasteiger partial charge in [0, 0.05) is 12.6 Å². The Morgan fingerprint density at radius 2 is 2.08 bits per heavy atom. The second-order valence-electron chi connectivity index (χ2n) is 6.01. The molecular weight excluding hydrogens is 388 g/mol. The molecule has 0 atom stereocenters. The molecule has 2 aromatic heterocycles. The number of rotatable bonds is 5. The number of nitrogens with one attached hydrogen (secondary N) is 1. The summed E-state index contributed by atoms with van der Waals surface area (Å²) < 4.78 is 9.50. The zero-order chi connectivity index (χ0) is 16.7. The summed E-state index contributed by atoms with van der Waals surface area (Å²) in [6, 6.07) is 12.4. The molecule has 3 aromatic rings. The number of carbonyl (C=O) groups excluding carboxylic acids is 1. The minimum atomic E-state index is 0.0190. The Bertz CT molecular complexity index is 894. The number of halogens is 1. The van der Waals surface area contributed by atoms with Gasteiger partial charge in [-0.25, -0.2) is 0 Å². The molecule has 6 heteroatoms. The number of amides is 1. The first-order valence-corrected chi connectivity index (χ1v) is 9.47. The fourth-order valence-electron chi connectivity index (χ4n) is 2.77. The second kappa shape index (κ2) is 6.26. The minimum Gasteiger partial charge on any atom is -0.497 e. The third kappa shape index (κ3) is 3.08. The van der Waals surface area contributed by atoms with Crippen LogP contribution in [0.25, 0.3) is 10.2 Å². The summed E-state index contributed by atoms with van der Waals surface area (Å²) in [5, 5.41) is 3.09. The predicted octanol–water partition coefficient (Wildman–Crippen LogP) is 4.41. The lowest BCUT2D eigenvalue weighted by atomic mass is 10.2. The van der Waals surface area contributed by atoms with Gasteiger partial charge in [-0.2, -0.15) is 0 Å². The molecule has 24 heavy (non-hydrogen) atoms. The van der Waals surface area contributed by atoms with Crippen molar-refractivity contribution in [1.29, 1.82) is 0 Å². The molecule has 1 aliphatic rings. The maximum Gasteiger partial charge on any atom is 0.268 e. The van der Waals surface area contributed by atoms with Crippen molar-refractivity contribution >= 4 is 43.4 Å². The summed E-state index contributed by atoms with van der Waals surface area (Å²) in [4.78, 5) is 12.6. The normalized spacial score (nSPS) is 14.1. The molecule has 1 aliphatic carbocycles. The fraction of sp³-hybridized carbons (Fsp3) is 0.278. The van der Waals surface area contributed by atoms with E-state index >= 15 is 0 Å². The number of hydrogen-bond acceptors (Lipinski definition) is 3. The van der Waals surface area contributed by atoms with Crippen molar-refractivity contribution in [2.75, 3.05) is 7.11 Å². The number of carbonyl (C=O) groups is 1. The molecular formula is C18H17BrN2O2S. The van der Waals surface area contributed by atoms with Crippen LogP contribution in [0.5, 0.6) is 5.75 Å². The van der Waals surface area contributed by atoms with Gasteiger partial charge in [-0.3, -0.25) is 4.79 Å². The molecule has 0 spiro atoms. The van der Waals surface area contributed by atoms with Crippen LogP contribution in [0.15, 0.2) is 40.2 Å². The Morgan fingerprint density at radius 1 is 1.33 bits per heavy atom. The van der Waals surface area contributed by atoms with E-state index in [4.69, 9.17) is 4.74 Å². The van der Waals surface area contributed by atoms with Crippen LogP contribution >= 0.6 is 27.3 Å². The smallest absolute Gasteiger partial charge is 0.268 e. The van der Waals surface area contributed by atoms with E-state index in [0.29, 0.717) is 12.6 Å². The van der Waals surface area contributed by atoms with E-state index < -0.39 is 0 Å². The molecule has 0 bridgehead atoms. The van der Waals surface area contributed by atoms with Gasteiger partial charge in [0.1, 0.15) is 11.4 Å². The van der Waals surface area contributed by atoms with Crippen molar-refractivity contribution in [2.45, 2.75) is 25.4 Å². The molecule has 1 amide bonds. The summed E-state index contributed by atoms with van der Waals surface area (Å²) >= 11 is 5.19. The van der Waals surface area contributed by atoms with Gasteiger partial charge >= 0.3 is 0 Å². The zero-order valence-corrected chi connectivity index (χ0v) is 15.6. The second-order valence-corrected chi connectivity index (χ2v) is 8.47. The Labute approximate surface area is 152 Å². The summed E-state index contributed by atoms with van der Waals surface area (Å²) in [5.41, 5.74) is 2.95. The van der Waals surface area contributed by atoms with Crippen LogP contribution in [0.1, 0.15) is 28.9 Å². The van der Waals surface area contributed by atoms with Crippen LogP contribution in [-0.2, 0) is 6.54 Å². The molecule has 0 aliphatic heterocycles. The third-order valence-electron chi connectivity index (χ3n) is 4.20. The van der Waals surface area contributed by atoms with E-state index in [1.807, 2.05) is 30.3 Å². The van der Waals surface area contributed by atoms with Gasteiger partial charge in [-0.1, -0.05) is 12.1 Å². The maximum atomic E-state index is 12.6. The van der Waals surface area contributed by atoms with E-state index in [9.17, 15) is 4.79 Å². The van der Waals surface area contributed by atoms with Crippen LogP contribution < -0.4 is 10.1 Å². The van der Waals surface area contributed by atoms with Gasteiger partial charge in [0.05, 0.1) is 21.1 Å². The van der Waals surface area contributed by atoms with Crippen molar-refractivity contribution < 1.29 is 9.53 Å². The quantitative estimate of drug-likeness (QED) is 0.683. The average Bonchev–Trinajstić information content (AvgIpc) is 3.23. The van der Waals surface area contributed by atoms with Gasteiger partial charge in [0.2, 0.25) is 0 Å². The Balaban J connectivity index is 1.70. The standard InChI is InChI=1S/C18H17BrN2O2S/c1-23-13-6-2-11(3-7-13)10-21-14-9-17(19)24-16(14)8-15(21)18(22)20-12-4-5-12/h2-3,6-9,12H,4-5,10H2,1H3,(H,20,22). The third-order valence-corrected chi connectivity index (χ3v) is 5.78. The van der Waals surface area contributed by atoms with Crippen LogP contribution in [0, 0.1) is 0 Å².